The number of aryl methyl sites for hydroxylation is 1. The molecule has 0 aliphatic heterocycles. The third-order valence-electron chi connectivity index (χ3n) is 5.03. The second kappa shape index (κ2) is 7.69. The molecule has 0 aliphatic carbocycles. The molecule has 4 nitrogen and oxygen atoms in total. The number of anilines is 2. The molecule has 140 valence electrons. The molecule has 0 radical (unpaired) electrons. The summed E-state index contributed by atoms with van der Waals surface area (Å²) in [5.74, 6) is 0. The SMILES string of the molecule is CCc1ccc2nc(-c3ccc(NC)cc3)c(-c3ccc(NC)cc3)nc2c1. The Balaban J connectivity index is 1.93. The van der Waals surface area contributed by atoms with E-state index in [4.69, 9.17) is 9.97 Å². The first-order valence-electron chi connectivity index (χ1n) is 9.59. The summed E-state index contributed by atoms with van der Waals surface area (Å²) in [6, 6.07) is 23.0. The first kappa shape index (κ1) is 18.0. The Hall–Kier alpha value is -3.40. The van der Waals surface area contributed by atoms with Gasteiger partial charge < -0.3 is 10.6 Å². The van der Waals surface area contributed by atoms with E-state index in [-0.39, 0.29) is 0 Å². The molecule has 2 N–H and O–H groups in total. The van der Waals surface area contributed by atoms with Crippen molar-refractivity contribution in [3.63, 3.8) is 0 Å². The van der Waals surface area contributed by atoms with E-state index in [2.05, 4.69) is 84.3 Å². The molecule has 4 rings (SSSR count). The molecule has 0 fully saturated rings. The van der Waals surface area contributed by atoms with Gasteiger partial charge in [-0.3, -0.25) is 0 Å². The largest absolute Gasteiger partial charge is 0.388 e. The summed E-state index contributed by atoms with van der Waals surface area (Å²) < 4.78 is 0. The minimum Gasteiger partial charge on any atom is -0.388 e. The molecule has 4 heteroatoms. The highest BCUT2D eigenvalue weighted by Crippen LogP contribution is 2.32. The Morgan fingerprint density at radius 1 is 0.643 bits per heavy atom. The summed E-state index contributed by atoms with van der Waals surface area (Å²) in [5.41, 5.74) is 9.18. The van der Waals surface area contributed by atoms with Crippen molar-refractivity contribution in [1.29, 1.82) is 0 Å². The zero-order valence-corrected chi connectivity index (χ0v) is 16.5. The number of nitrogens with one attached hydrogen (secondary N) is 2. The average Bonchev–Trinajstić information content (AvgIpc) is 2.78. The molecule has 0 saturated heterocycles. The van der Waals surface area contributed by atoms with E-state index in [1.165, 1.54) is 5.56 Å². The zero-order chi connectivity index (χ0) is 19.5. The Bertz CT molecular complexity index is 1100. The summed E-state index contributed by atoms with van der Waals surface area (Å²) in [4.78, 5) is 10.0. The van der Waals surface area contributed by atoms with Crippen LogP contribution in [0.5, 0.6) is 0 Å². The Labute approximate surface area is 165 Å². The van der Waals surface area contributed by atoms with Gasteiger partial charge in [0.05, 0.1) is 22.4 Å². The van der Waals surface area contributed by atoms with Crippen LogP contribution in [0.15, 0.2) is 66.7 Å². The fourth-order valence-corrected chi connectivity index (χ4v) is 3.31. The van der Waals surface area contributed by atoms with Crippen LogP contribution in [0.3, 0.4) is 0 Å². The van der Waals surface area contributed by atoms with Crippen molar-refractivity contribution in [2.24, 2.45) is 0 Å². The van der Waals surface area contributed by atoms with E-state index < -0.39 is 0 Å². The molecule has 0 atom stereocenters. The van der Waals surface area contributed by atoms with Crippen LogP contribution in [0, 0.1) is 0 Å². The highest BCUT2D eigenvalue weighted by molar-refractivity contribution is 5.87. The van der Waals surface area contributed by atoms with E-state index >= 15 is 0 Å². The van der Waals surface area contributed by atoms with E-state index in [9.17, 15) is 0 Å². The third kappa shape index (κ3) is 3.41. The molecular formula is C24H24N4. The lowest BCUT2D eigenvalue weighted by molar-refractivity contribution is 1.14. The van der Waals surface area contributed by atoms with Crippen LogP contribution >= 0.6 is 0 Å². The molecule has 4 aromatic rings. The Morgan fingerprint density at radius 2 is 1.14 bits per heavy atom. The number of hydrogen-bond acceptors (Lipinski definition) is 4. The van der Waals surface area contributed by atoms with Gasteiger partial charge in [-0.2, -0.15) is 0 Å². The molecule has 0 amide bonds. The maximum atomic E-state index is 5.03. The van der Waals surface area contributed by atoms with Gasteiger partial charge in [-0.05, 0) is 48.4 Å². The quantitative estimate of drug-likeness (QED) is 0.481. The van der Waals surface area contributed by atoms with Crippen LogP contribution in [-0.4, -0.2) is 24.1 Å². The van der Waals surface area contributed by atoms with Gasteiger partial charge in [-0.1, -0.05) is 37.3 Å². The van der Waals surface area contributed by atoms with E-state index in [1.807, 2.05) is 14.1 Å². The molecule has 0 spiro atoms. The second-order valence-corrected chi connectivity index (χ2v) is 6.75. The lowest BCUT2D eigenvalue weighted by Gasteiger charge is -2.12. The van der Waals surface area contributed by atoms with Crippen LogP contribution in [-0.2, 0) is 6.42 Å². The van der Waals surface area contributed by atoms with Crippen molar-refractivity contribution in [3.05, 3.63) is 72.3 Å². The van der Waals surface area contributed by atoms with Crippen LogP contribution in [0.25, 0.3) is 33.5 Å². The third-order valence-corrected chi connectivity index (χ3v) is 5.03. The fourth-order valence-electron chi connectivity index (χ4n) is 3.31. The van der Waals surface area contributed by atoms with Gasteiger partial charge in [0.1, 0.15) is 0 Å². The summed E-state index contributed by atoms with van der Waals surface area (Å²) >= 11 is 0. The number of benzene rings is 3. The first-order chi connectivity index (χ1) is 13.7. The molecule has 1 heterocycles. The summed E-state index contributed by atoms with van der Waals surface area (Å²) in [5, 5.41) is 6.33. The van der Waals surface area contributed by atoms with Gasteiger partial charge in [0.25, 0.3) is 0 Å². The second-order valence-electron chi connectivity index (χ2n) is 6.75. The Kier molecular flexibility index (Phi) is 4.94. The predicted molar refractivity (Wildman–Crippen MR) is 119 cm³/mol. The van der Waals surface area contributed by atoms with Crippen LogP contribution in [0.4, 0.5) is 11.4 Å². The smallest absolute Gasteiger partial charge is 0.0973 e. The molecular weight excluding hydrogens is 344 g/mol. The van der Waals surface area contributed by atoms with Gasteiger partial charge >= 0.3 is 0 Å². The van der Waals surface area contributed by atoms with Crippen molar-refractivity contribution in [2.45, 2.75) is 13.3 Å². The molecule has 0 saturated carbocycles. The van der Waals surface area contributed by atoms with Gasteiger partial charge in [-0.15, -0.1) is 0 Å². The average molecular weight is 368 g/mol. The summed E-state index contributed by atoms with van der Waals surface area (Å²) in [6.07, 6.45) is 0.983. The molecule has 0 bridgehead atoms. The minimum atomic E-state index is 0.900. The standard InChI is InChI=1S/C24H24N4/c1-4-16-5-14-21-22(15-16)28-24(18-8-12-20(26-3)13-9-18)23(27-21)17-6-10-19(25-2)11-7-17/h5-15,25-26H,4H2,1-3H3. The van der Waals surface area contributed by atoms with E-state index in [0.29, 0.717) is 0 Å². The number of hydrogen-bond donors (Lipinski definition) is 2. The number of rotatable bonds is 5. The Morgan fingerprint density at radius 3 is 1.61 bits per heavy atom. The van der Waals surface area contributed by atoms with Crippen molar-refractivity contribution in [1.82, 2.24) is 9.97 Å². The van der Waals surface area contributed by atoms with Crippen LogP contribution in [0.1, 0.15) is 12.5 Å². The molecule has 1 aromatic heterocycles. The zero-order valence-electron chi connectivity index (χ0n) is 16.5. The minimum absolute atomic E-state index is 0.900. The summed E-state index contributed by atoms with van der Waals surface area (Å²) in [6.45, 7) is 2.16. The monoisotopic (exact) mass is 368 g/mol. The molecule has 0 aliphatic rings. The topological polar surface area (TPSA) is 49.8 Å². The molecule has 3 aromatic carbocycles. The maximum Gasteiger partial charge on any atom is 0.0973 e. The van der Waals surface area contributed by atoms with Crippen molar-refractivity contribution in [3.8, 4) is 22.5 Å². The first-order valence-corrected chi connectivity index (χ1v) is 9.59. The van der Waals surface area contributed by atoms with Crippen LogP contribution < -0.4 is 10.6 Å². The number of fused-ring (bicyclic) bond motifs is 1. The highest BCUT2D eigenvalue weighted by atomic mass is 14.8. The van der Waals surface area contributed by atoms with E-state index in [1.54, 1.807) is 0 Å². The maximum absolute atomic E-state index is 5.03. The summed E-state index contributed by atoms with van der Waals surface area (Å²) in [7, 11) is 3.84. The van der Waals surface area contributed by atoms with Gasteiger partial charge in [0.15, 0.2) is 0 Å². The van der Waals surface area contributed by atoms with Crippen molar-refractivity contribution >= 4 is 22.4 Å². The fraction of sp³-hybridized carbons (Fsp3) is 0.167. The number of aromatic nitrogens is 2. The lowest BCUT2D eigenvalue weighted by Crippen LogP contribution is -1.97. The lowest BCUT2D eigenvalue weighted by atomic mass is 10.0. The van der Waals surface area contributed by atoms with Gasteiger partial charge in [0, 0.05) is 36.6 Å². The van der Waals surface area contributed by atoms with Crippen molar-refractivity contribution < 1.29 is 0 Å². The predicted octanol–water partition coefficient (Wildman–Crippen LogP) is 5.61. The molecule has 0 unspecified atom stereocenters. The number of nitrogens with zero attached hydrogens (tertiary/aromatic N) is 2. The van der Waals surface area contributed by atoms with Crippen LogP contribution in [0.2, 0.25) is 0 Å². The van der Waals surface area contributed by atoms with Crippen molar-refractivity contribution in [2.75, 3.05) is 24.7 Å². The normalized spacial score (nSPS) is 10.8. The highest BCUT2D eigenvalue weighted by Gasteiger charge is 2.14. The van der Waals surface area contributed by atoms with E-state index in [0.717, 1.165) is 51.3 Å². The van der Waals surface area contributed by atoms with Gasteiger partial charge in [0.2, 0.25) is 0 Å². The molecule has 28 heavy (non-hydrogen) atoms. The van der Waals surface area contributed by atoms with Gasteiger partial charge in [-0.25, -0.2) is 9.97 Å².